The summed E-state index contributed by atoms with van der Waals surface area (Å²) in [7, 11) is 1.86. The average Bonchev–Trinajstić information content (AvgIpc) is 3.60. The third-order valence-electron chi connectivity index (χ3n) is 7.03. The van der Waals surface area contributed by atoms with E-state index in [1.807, 2.05) is 20.9 Å². The highest BCUT2D eigenvalue weighted by atomic mass is 16.5. The van der Waals surface area contributed by atoms with Gasteiger partial charge in [-0.2, -0.15) is 0 Å². The zero-order valence-electron chi connectivity index (χ0n) is 21.0. The lowest BCUT2D eigenvalue weighted by molar-refractivity contribution is 0.0542. The summed E-state index contributed by atoms with van der Waals surface area (Å²) >= 11 is 0. The maximum atomic E-state index is 11.0. The molecule has 1 aliphatic heterocycles. The van der Waals surface area contributed by atoms with Crippen molar-refractivity contribution in [3.05, 3.63) is 41.5 Å². The Labute approximate surface area is 207 Å². The summed E-state index contributed by atoms with van der Waals surface area (Å²) in [5, 5.41) is 23.7. The Balaban J connectivity index is 1.70. The number of hydrogen-bond acceptors (Lipinski definition) is 9. The van der Waals surface area contributed by atoms with Gasteiger partial charge in [-0.1, -0.05) is 10.4 Å². The first-order valence-corrected chi connectivity index (χ1v) is 12.1. The molecule has 1 saturated heterocycles. The molecule has 6 heterocycles. The second-order valence-corrected chi connectivity index (χ2v) is 10.1. The lowest BCUT2D eigenvalue weighted by Gasteiger charge is -2.31. The average molecular weight is 492 g/mol. The minimum atomic E-state index is -1.23. The summed E-state index contributed by atoms with van der Waals surface area (Å²) in [6, 6.07) is 1.88. The van der Waals surface area contributed by atoms with Crippen molar-refractivity contribution < 1.29 is 18.8 Å². The second-order valence-electron chi connectivity index (χ2n) is 10.1. The number of aromatic nitrogens is 7. The smallest absolute Gasteiger partial charge is 0.211 e. The Bertz CT molecular complexity index is 1540. The fourth-order valence-corrected chi connectivity index (χ4v) is 5.40. The monoisotopic (exact) mass is 491 g/mol. The third kappa shape index (κ3) is 3.53. The summed E-state index contributed by atoms with van der Waals surface area (Å²) in [5.41, 5.74) is 5.37. The SMILES string of the molecule is Cc1nc(C(C2CCOCC2)n2c3cc(-c4c(C)nnn4C)cnc3c3onc(C(C)(C)O)c32)co1. The van der Waals surface area contributed by atoms with Crippen molar-refractivity contribution in [1.82, 2.24) is 34.7 Å². The van der Waals surface area contributed by atoms with Crippen molar-refractivity contribution >= 4 is 22.1 Å². The molecule has 0 aliphatic carbocycles. The lowest BCUT2D eigenvalue weighted by Crippen LogP contribution is -2.28. The van der Waals surface area contributed by atoms with E-state index in [-0.39, 0.29) is 12.0 Å². The maximum absolute atomic E-state index is 11.0. The molecular weight excluding hydrogens is 462 g/mol. The molecule has 0 saturated carbocycles. The molecule has 0 amide bonds. The van der Waals surface area contributed by atoms with E-state index in [0.29, 0.717) is 41.4 Å². The third-order valence-corrected chi connectivity index (χ3v) is 7.03. The number of nitrogens with zero attached hydrogens (tertiary/aromatic N) is 7. The Morgan fingerprint density at radius 3 is 2.61 bits per heavy atom. The van der Waals surface area contributed by atoms with Gasteiger partial charge < -0.3 is 23.4 Å². The van der Waals surface area contributed by atoms with Crippen LogP contribution in [-0.4, -0.2) is 53.0 Å². The molecule has 5 aromatic rings. The van der Waals surface area contributed by atoms with Crippen LogP contribution in [0.4, 0.5) is 0 Å². The van der Waals surface area contributed by atoms with Crippen molar-refractivity contribution in [1.29, 1.82) is 0 Å². The van der Waals surface area contributed by atoms with Gasteiger partial charge in [0.15, 0.2) is 5.89 Å². The molecule has 11 nitrogen and oxygen atoms in total. The summed E-state index contributed by atoms with van der Waals surface area (Å²) in [6.07, 6.45) is 5.24. The van der Waals surface area contributed by atoms with E-state index < -0.39 is 5.60 Å². The van der Waals surface area contributed by atoms with E-state index in [4.69, 9.17) is 23.6 Å². The highest BCUT2D eigenvalue weighted by molar-refractivity contribution is 6.04. The molecule has 5 aromatic heterocycles. The quantitative estimate of drug-likeness (QED) is 0.390. The summed E-state index contributed by atoms with van der Waals surface area (Å²) in [5.74, 6) is 0.813. The number of aryl methyl sites for hydroxylation is 3. The van der Waals surface area contributed by atoms with Gasteiger partial charge in [0.25, 0.3) is 0 Å². The van der Waals surface area contributed by atoms with Gasteiger partial charge in [0.05, 0.1) is 22.9 Å². The topological polar surface area (TPSA) is 130 Å². The van der Waals surface area contributed by atoms with E-state index in [1.54, 1.807) is 31.0 Å². The first-order valence-electron chi connectivity index (χ1n) is 12.1. The first kappa shape index (κ1) is 22.9. The fraction of sp³-hybridized carbons (Fsp3) is 0.480. The minimum Gasteiger partial charge on any atom is -0.449 e. The molecule has 188 valence electrons. The van der Waals surface area contributed by atoms with Gasteiger partial charge in [-0.3, -0.25) is 0 Å². The number of pyridine rings is 1. The van der Waals surface area contributed by atoms with Crippen molar-refractivity contribution in [2.45, 2.75) is 52.2 Å². The van der Waals surface area contributed by atoms with Gasteiger partial charge in [-0.05, 0) is 45.6 Å². The van der Waals surface area contributed by atoms with E-state index in [1.165, 1.54) is 0 Å². The molecule has 6 rings (SSSR count). The largest absolute Gasteiger partial charge is 0.449 e. The number of rotatable bonds is 5. The molecule has 1 aliphatic rings. The normalized spacial score (nSPS) is 16.4. The molecule has 0 radical (unpaired) electrons. The van der Waals surface area contributed by atoms with Gasteiger partial charge in [0.1, 0.15) is 34.3 Å². The molecular formula is C25H29N7O4. The van der Waals surface area contributed by atoms with Crippen LogP contribution in [0.5, 0.6) is 0 Å². The van der Waals surface area contributed by atoms with E-state index in [9.17, 15) is 5.11 Å². The maximum Gasteiger partial charge on any atom is 0.211 e. The second kappa shape index (κ2) is 8.24. The minimum absolute atomic E-state index is 0.199. The van der Waals surface area contributed by atoms with Crippen LogP contribution in [0.1, 0.15) is 55.7 Å². The zero-order chi connectivity index (χ0) is 25.2. The number of oxazole rings is 1. The highest BCUT2D eigenvalue weighted by Crippen LogP contribution is 2.43. The molecule has 1 unspecified atom stereocenters. The molecule has 1 N–H and O–H groups in total. The number of ether oxygens (including phenoxy) is 1. The molecule has 11 heteroatoms. The number of fused-ring (bicyclic) bond motifs is 3. The number of hydrogen-bond donors (Lipinski definition) is 1. The van der Waals surface area contributed by atoms with Crippen LogP contribution in [-0.2, 0) is 17.4 Å². The Hall–Kier alpha value is -3.57. The Morgan fingerprint density at radius 2 is 1.97 bits per heavy atom. The molecule has 0 aromatic carbocycles. The van der Waals surface area contributed by atoms with E-state index >= 15 is 0 Å². The van der Waals surface area contributed by atoms with Crippen LogP contribution in [0, 0.1) is 19.8 Å². The zero-order valence-corrected chi connectivity index (χ0v) is 21.0. The van der Waals surface area contributed by atoms with Crippen molar-refractivity contribution in [2.24, 2.45) is 13.0 Å². The fourth-order valence-electron chi connectivity index (χ4n) is 5.40. The molecule has 1 fully saturated rings. The van der Waals surface area contributed by atoms with Crippen LogP contribution in [0.25, 0.3) is 33.4 Å². The van der Waals surface area contributed by atoms with Crippen LogP contribution < -0.4 is 0 Å². The lowest BCUT2D eigenvalue weighted by atomic mass is 9.89. The summed E-state index contributed by atoms with van der Waals surface area (Å²) < 4.78 is 21.1. The molecule has 36 heavy (non-hydrogen) atoms. The Kier molecular flexibility index (Phi) is 5.23. The molecule has 0 spiro atoms. The molecule has 1 atom stereocenters. The highest BCUT2D eigenvalue weighted by Gasteiger charge is 2.37. The van der Waals surface area contributed by atoms with Crippen molar-refractivity contribution in [2.75, 3.05) is 13.2 Å². The number of aliphatic hydroxyl groups is 1. The molecule has 0 bridgehead atoms. The van der Waals surface area contributed by atoms with Crippen molar-refractivity contribution in [3.8, 4) is 11.3 Å². The van der Waals surface area contributed by atoms with Gasteiger partial charge >= 0.3 is 0 Å². The summed E-state index contributed by atoms with van der Waals surface area (Å²) in [4.78, 5) is 9.56. The van der Waals surface area contributed by atoms with Crippen LogP contribution in [0.15, 0.2) is 27.5 Å². The summed E-state index contributed by atoms with van der Waals surface area (Å²) in [6.45, 7) is 8.53. The Morgan fingerprint density at radius 1 is 1.19 bits per heavy atom. The van der Waals surface area contributed by atoms with Gasteiger partial charge in [-0.15, -0.1) is 5.10 Å². The van der Waals surface area contributed by atoms with E-state index in [2.05, 4.69) is 26.1 Å². The van der Waals surface area contributed by atoms with Crippen LogP contribution >= 0.6 is 0 Å². The van der Waals surface area contributed by atoms with Gasteiger partial charge in [0, 0.05) is 38.9 Å². The van der Waals surface area contributed by atoms with Gasteiger partial charge in [-0.25, -0.2) is 14.6 Å². The standard InChI is InChI=1S/C25H29N7O4/c1-13-20(31(5)30-28-13)16-10-18-19(26-11-16)23-22(24(29-36-23)25(3,4)33)32(18)21(15-6-8-34-9-7-15)17-12-35-14(2)27-17/h10-12,15,21,33H,6-9H2,1-5H3. The van der Waals surface area contributed by atoms with Crippen LogP contribution in [0.2, 0.25) is 0 Å². The first-order chi connectivity index (χ1) is 17.2. The predicted molar refractivity (Wildman–Crippen MR) is 130 cm³/mol. The van der Waals surface area contributed by atoms with E-state index in [0.717, 1.165) is 41.0 Å². The van der Waals surface area contributed by atoms with Crippen molar-refractivity contribution in [3.63, 3.8) is 0 Å². The van der Waals surface area contributed by atoms with Crippen LogP contribution in [0.3, 0.4) is 0 Å². The predicted octanol–water partition coefficient (Wildman–Crippen LogP) is 3.82. The van der Waals surface area contributed by atoms with Gasteiger partial charge in [0.2, 0.25) is 5.58 Å².